The Morgan fingerprint density at radius 2 is 1.53 bits per heavy atom. The van der Waals surface area contributed by atoms with E-state index in [2.05, 4.69) is 29.6 Å². The quantitative estimate of drug-likeness (QED) is 0.834. The van der Waals surface area contributed by atoms with E-state index in [4.69, 9.17) is 5.11 Å². The van der Waals surface area contributed by atoms with Crippen LogP contribution < -0.4 is 5.32 Å². The molecule has 0 aliphatic heterocycles. The van der Waals surface area contributed by atoms with Crippen molar-refractivity contribution in [3.8, 4) is 0 Å². The molecular weight excluding hydrogens is 210 g/mol. The molecule has 2 nitrogen and oxygen atoms in total. The maximum Gasteiger partial charge on any atom is 0.0459 e. The van der Waals surface area contributed by atoms with Gasteiger partial charge >= 0.3 is 0 Å². The summed E-state index contributed by atoms with van der Waals surface area (Å²) in [6, 6.07) is 8.30. The molecule has 2 N–H and O–H groups in total. The largest absolute Gasteiger partial charge is 0.396 e. The smallest absolute Gasteiger partial charge is 0.0459 e. The third-order valence-electron chi connectivity index (χ3n) is 2.14. The Bertz CT molecular complexity index is 244. The van der Waals surface area contributed by atoms with Gasteiger partial charge in [0.05, 0.1) is 0 Å². The molecule has 0 aromatic heterocycles. The van der Waals surface area contributed by atoms with Gasteiger partial charge < -0.3 is 10.4 Å². The molecule has 0 bridgehead atoms. The lowest BCUT2D eigenvalue weighted by Gasteiger charge is -2.08. The van der Waals surface area contributed by atoms with Gasteiger partial charge in [0.25, 0.3) is 0 Å². The molecule has 0 heterocycles. The number of hydrogen-bond donors (Lipinski definition) is 2. The number of aliphatic hydroxyl groups is 1. The van der Waals surface area contributed by atoms with Gasteiger partial charge in [0, 0.05) is 19.3 Å². The highest BCUT2D eigenvalue weighted by Gasteiger charge is 2.01. The molecule has 1 aromatic rings. The molecule has 0 saturated heterocycles. The van der Waals surface area contributed by atoms with Crippen molar-refractivity contribution in [3.05, 3.63) is 29.8 Å². The normalized spacial score (nSPS) is 10.3. The van der Waals surface area contributed by atoms with Gasteiger partial charge in [0.1, 0.15) is 0 Å². The van der Waals surface area contributed by atoms with E-state index in [0.717, 1.165) is 12.1 Å². The van der Waals surface area contributed by atoms with E-state index in [1.165, 1.54) is 5.56 Å². The number of nitrogens with one attached hydrogen (secondary N) is 1. The van der Waals surface area contributed by atoms with E-state index >= 15 is 0 Å². The molecule has 0 amide bonds. The van der Waals surface area contributed by atoms with Crippen LogP contribution in [-0.4, -0.2) is 18.8 Å². The highest BCUT2D eigenvalue weighted by Crippen LogP contribution is 2.12. The number of rotatable bonds is 4. The van der Waals surface area contributed by atoms with Crippen LogP contribution in [0.2, 0.25) is 0 Å². The number of benzene rings is 1. The average molecular weight is 239 g/mol. The average Bonchev–Trinajstić information content (AvgIpc) is 2.44. The summed E-state index contributed by atoms with van der Waals surface area (Å²) < 4.78 is 0. The summed E-state index contributed by atoms with van der Waals surface area (Å²) in [6.07, 6.45) is 0.945. The Morgan fingerprint density at radius 3 is 1.88 bits per heavy atom. The summed E-state index contributed by atoms with van der Waals surface area (Å²) in [5.74, 6) is 0.348. The van der Waals surface area contributed by atoms with E-state index in [1.54, 1.807) is 0 Å². The van der Waals surface area contributed by atoms with Crippen molar-refractivity contribution in [3.63, 3.8) is 0 Å². The molecule has 100 valence electrons. The Morgan fingerprint density at radius 1 is 1.06 bits per heavy atom. The van der Waals surface area contributed by atoms with Crippen LogP contribution in [0, 0.1) is 5.92 Å². The van der Waals surface area contributed by atoms with Crippen molar-refractivity contribution < 1.29 is 5.11 Å². The molecule has 1 rings (SSSR count). The molecule has 1 atom stereocenters. The van der Waals surface area contributed by atoms with Crippen LogP contribution in [0.15, 0.2) is 24.3 Å². The maximum atomic E-state index is 8.88. The third-order valence-corrected chi connectivity index (χ3v) is 2.14. The molecule has 0 fully saturated rings. The van der Waals surface area contributed by atoms with Crippen molar-refractivity contribution >= 4 is 5.69 Å². The van der Waals surface area contributed by atoms with E-state index < -0.39 is 0 Å². The minimum Gasteiger partial charge on any atom is -0.396 e. The lowest BCUT2D eigenvalue weighted by atomic mass is 10.0. The lowest BCUT2D eigenvalue weighted by Crippen LogP contribution is -2.04. The fourth-order valence-corrected chi connectivity index (χ4v) is 1.27. The Kier molecular flexibility index (Phi) is 14.1. The van der Waals surface area contributed by atoms with Gasteiger partial charge in [-0.2, -0.15) is 0 Å². The van der Waals surface area contributed by atoms with Crippen molar-refractivity contribution in [1.29, 1.82) is 0 Å². The first-order valence-electron chi connectivity index (χ1n) is 6.63. The van der Waals surface area contributed by atoms with Gasteiger partial charge in [0.15, 0.2) is 0 Å². The van der Waals surface area contributed by atoms with Crippen LogP contribution in [0.1, 0.15) is 40.2 Å². The van der Waals surface area contributed by atoms with Crippen LogP contribution in [-0.2, 0) is 6.42 Å². The Hall–Kier alpha value is -1.02. The zero-order valence-electron chi connectivity index (χ0n) is 12.2. The fourth-order valence-electron chi connectivity index (χ4n) is 1.27. The molecule has 1 unspecified atom stereocenters. The predicted octanol–water partition coefficient (Wildman–Crippen LogP) is 3.95. The molecule has 0 aliphatic carbocycles. The summed E-state index contributed by atoms with van der Waals surface area (Å²) in [5.41, 5.74) is 2.40. The van der Waals surface area contributed by atoms with Gasteiger partial charge in [-0.25, -0.2) is 0 Å². The number of hydrogen-bond acceptors (Lipinski definition) is 2. The molecule has 0 spiro atoms. The standard InChI is InChI=1S/C11H17NO.2C2H6/c1-9(8-13)7-10-3-5-11(12-2)6-4-10;2*1-2/h3-6,9,12-13H,7-8H2,1-2H3;2*1-2H3. The van der Waals surface area contributed by atoms with E-state index in [9.17, 15) is 0 Å². The zero-order chi connectivity index (χ0) is 13.7. The first-order chi connectivity index (χ1) is 8.26. The van der Waals surface area contributed by atoms with E-state index in [0.29, 0.717) is 5.92 Å². The van der Waals surface area contributed by atoms with Crippen molar-refractivity contribution in [2.24, 2.45) is 5.92 Å². The first-order valence-corrected chi connectivity index (χ1v) is 6.63. The lowest BCUT2D eigenvalue weighted by molar-refractivity contribution is 0.237. The van der Waals surface area contributed by atoms with Gasteiger partial charge in [-0.3, -0.25) is 0 Å². The highest BCUT2D eigenvalue weighted by atomic mass is 16.3. The molecular formula is C15H29NO. The molecule has 0 saturated carbocycles. The zero-order valence-corrected chi connectivity index (χ0v) is 12.2. The molecule has 0 aliphatic rings. The number of anilines is 1. The summed E-state index contributed by atoms with van der Waals surface area (Å²) >= 11 is 0. The van der Waals surface area contributed by atoms with Gasteiger partial charge in [-0.15, -0.1) is 0 Å². The minimum absolute atomic E-state index is 0.258. The molecule has 17 heavy (non-hydrogen) atoms. The Labute approximate surface area is 107 Å². The van der Waals surface area contributed by atoms with E-state index in [1.807, 2.05) is 41.7 Å². The second-order valence-corrected chi connectivity index (χ2v) is 3.44. The summed E-state index contributed by atoms with van der Waals surface area (Å²) in [7, 11) is 1.91. The van der Waals surface area contributed by atoms with Gasteiger partial charge in [-0.05, 0) is 30.0 Å². The third kappa shape index (κ3) is 8.75. The topological polar surface area (TPSA) is 32.3 Å². The van der Waals surface area contributed by atoms with Crippen LogP contribution in [0.5, 0.6) is 0 Å². The summed E-state index contributed by atoms with van der Waals surface area (Å²) in [4.78, 5) is 0. The molecule has 1 aromatic carbocycles. The summed E-state index contributed by atoms with van der Waals surface area (Å²) in [6.45, 7) is 10.3. The molecule has 2 heteroatoms. The van der Waals surface area contributed by atoms with Crippen molar-refractivity contribution in [2.75, 3.05) is 19.0 Å². The predicted molar refractivity (Wildman–Crippen MR) is 78.6 cm³/mol. The van der Waals surface area contributed by atoms with Gasteiger partial charge in [-0.1, -0.05) is 46.8 Å². The van der Waals surface area contributed by atoms with E-state index in [-0.39, 0.29) is 6.61 Å². The fraction of sp³-hybridized carbons (Fsp3) is 0.600. The van der Waals surface area contributed by atoms with Crippen LogP contribution in [0.4, 0.5) is 5.69 Å². The van der Waals surface area contributed by atoms with Gasteiger partial charge in [0.2, 0.25) is 0 Å². The second-order valence-electron chi connectivity index (χ2n) is 3.44. The first kappa shape index (κ1) is 18.3. The second kappa shape index (κ2) is 13.0. The monoisotopic (exact) mass is 239 g/mol. The summed E-state index contributed by atoms with van der Waals surface area (Å²) in [5, 5.41) is 12.0. The highest BCUT2D eigenvalue weighted by molar-refractivity contribution is 5.43. The molecule has 0 radical (unpaired) electrons. The Balaban J connectivity index is 0. The van der Waals surface area contributed by atoms with Crippen LogP contribution in [0.3, 0.4) is 0 Å². The van der Waals surface area contributed by atoms with Crippen LogP contribution in [0.25, 0.3) is 0 Å². The SMILES string of the molecule is CC.CC.CNc1ccc(CC(C)CO)cc1. The minimum atomic E-state index is 0.258. The van der Waals surface area contributed by atoms with Crippen LogP contribution >= 0.6 is 0 Å². The van der Waals surface area contributed by atoms with Crippen molar-refractivity contribution in [1.82, 2.24) is 0 Å². The maximum absolute atomic E-state index is 8.88. The number of aliphatic hydroxyl groups excluding tert-OH is 1. The van der Waals surface area contributed by atoms with Crippen molar-refractivity contribution in [2.45, 2.75) is 41.0 Å².